The molecule has 6 heteroatoms. The smallest absolute Gasteiger partial charge is 0.240 e. The maximum atomic E-state index is 12.0. The standard InChI is InChI=1S/C13H20N2O3S/c1-2-18-11-5-7-12(8-6-11)19(16,17)15-9-13(14)10-3-4-10/h5-8,10,13,15H,2-4,9,14H2,1H3. The third kappa shape index (κ3) is 3.92. The van der Waals surface area contributed by atoms with Crippen LogP contribution in [0.2, 0.25) is 0 Å². The Bertz CT molecular complexity index is 509. The van der Waals surface area contributed by atoms with Crippen LogP contribution in [-0.4, -0.2) is 27.6 Å². The summed E-state index contributed by atoms with van der Waals surface area (Å²) in [6.45, 7) is 2.73. The summed E-state index contributed by atoms with van der Waals surface area (Å²) < 4.78 is 31.9. The first-order chi connectivity index (χ1) is 9.03. The maximum absolute atomic E-state index is 12.0. The van der Waals surface area contributed by atoms with E-state index in [1.807, 2.05) is 6.92 Å². The molecule has 1 aliphatic rings. The minimum absolute atomic E-state index is 0.0857. The number of ether oxygens (including phenoxy) is 1. The molecule has 0 heterocycles. The summed E-state index contributed by atoms with van der Waals surface area (Å²) in [6, 6.07) is 6.29. The molecular formula is C13H20N2O3S. The molecule has 5 nitrogen and oxygen atoms in total. The van der Waals surface area contributed by atoms with Crippen molar-refractivity contribution in [2.24, 2.45) is 11.7 Å². The van der Waals surface area contributed by atoms with Gasteiger partial charge in [-0.15, -0.1) is 0 Å². The van der Waals surface area contributed by atoms with Crippen molar-refractivity contribution >= 4 is 10.0 Å². The second kappa shape index (κ2) is 5.90. The zero-order valence-electron chi connectivity index (χ0n) is 11.0. The number of nitrogens with two attached hydrogens (primary N) is 1. The summed E-state index contributed by atoms with van der Waals surface area (Å²) in [7, 11) is -3.48. The molecule has 106 valence electrons. The molecule has 1 aliphatic carbocycles. The topological polar surface area (TPSA) is 81.4 Å². The molecule has 0 bridgehead atoms. The average molecular weight is 284 g/mol. The first-order valence-electron chi connectivity index (χ1n) is 6.51. The summed E-state index contributed by atoms with van der Waals surface area (Å²) in [5.41, 5.74) is 5.88. The zero-order valence-corrected chi connectivity index (χ0v) is 11.8. The Kier molecular flexibility index (Phi) is 4.44. The normalized spacial score (nSPS) is 17.2. The Balaban J connectivity index is 1.97. The van der Waals surface area contributed by atoms with E-state index in [4.69, 9.17) is 10.5 Å². The van der Waals surface area contributed by atoms with Gasteiger partial charge in [-0.2, -0.15) is 0 Å². The first kappa shape index (κ1) is 14.3. The molecule has 1 atom stereocenters. The third-order valence-corrected chi connectivity index (χ3v) is 4.62. The number of rotatable bonds is 7. The van der Waals surface area contributed by atoms with E-state index in [1.165, 1.54) is 12.1 Å². The lowest BCUT2D eigenvalue weighted by atomic mass is 10.2. The summed E-state index contributed by atoms with van der Waals surface area (Å²) in [5, 5.41) is 0. The van der Waals surface area contributed by atoms with Gasteiger partial charge in [-0.05, 0) is 49.9 Å². The molecule has 1 saturated carbocycles. The lowest BCUT2D eigenvalue weighted by Crippen LogP contribution is -2.38. The molecule has 0 spiro atoms. The van der Waals surface area contributed by atoms with Crippen LogP contribution < -0.4 is 15.2 Å². The fourth-order valence-corrected chi connectivity index (χ4v) is 2.93. The van der Waals surface area contributed by atoms with Gasteiger partial charge >= 0.3 is 0 Å². The van der Waals surface area contributed by atoms with E-state index < -0.39 is 10.0 Å². The van der Waals surface area contributed by atoms with Crippen LogP contribution >= 0.6 is 0 Å². The fraction of sp³-hybridized carbons (Fsp3) is 0.538. The van der Waals surface area contributed by atoms with E-state index in [9.17, 15) is 8.42 Å². The van der Waals surface area contributed by atoms with Crippen molar-refractivity contribution in [3.05, 3.63) is 24.3 Å². The van der Waals surface area contributed by atoms with Gasteiger partial charge in [0.05, 0.1) is 11.5 Å². The predicted molar refractivity (Wildman–Crippen MR) is 73.5 cm³/mol. The average Bonchev–Trinajstić information content (AvgIpc) is 3.21. The highest BCUT2D eigenvalue weighted by Gasteiger charge is 2.29. The van der Waals surface area contributed by atoms with Crippen molar-refractivity contribution < 1.29 is 13.2 Å². The summed E-state index contributed by atoms with van der Waals surface area (Å²) in [6.07, 6.45) is 2.21. The molecule has 0 aromatic heterocycles. The van der Waals surface area contributed by atoms with Crippen LogP contribution in [0.25, 0.3) is 0 Å². The van der Waals surface area contributed by atoms with E-state index in [0.29, 0.717) is 24.8 Å². The van der Waals surface area contributed by atoms with Crippen molar-refractivity contribution in [2.45, 2.75) is 30.7 Å². The molecule has 1 unspecified atom stereocenters. The van der Waals surface area contributed by atoms with Crippen LogP contribution in [0, 0.1) is 5.92 Å². The van der Waals surface area contributed by atoms with Gasteiger partial charge in [0, 0.05) is 12.6 Å². The zero-order chi connectivity index (χ0) is 13.9. The molecule has 0 radical (unpaired) electrons. The number of hydrogen-bond acceptors (Lipinski definition) is 4. The Morgan fingerprint density at radius 1 is 1.37 bits per heavy atom. The van der Waals surface area contributed by atoms with Crippen molar-refractivity contribution in [1.29, 1.82) is 0 Å². The molecule has 1 aromatic carbocycles. The number of nitrogens with one attached hydrogen (secondary N) is 1. The van der Waals surface area contributed by atoms with Gasteiger partial charge in [-0.25, -0.2) is 13.1 Å². The number of benzene rings is 1. The minimum Gasteiger partial charge on any atom is -0.494 e. The highest BCUT2D eigenvalue weighted by Crippen LogP contribution is 2.31. The van der Waals surface area contributed by atoms with E-state index in [2.05, 4.69) is 4.72 Å². The van der Waals surface area contributed by atoms with Crippen LogP contribution in [0.15, 0.2) is 29.2 Å². The molecule has 1 aromatic rings. The molecule has 19 heavy (non-hydrogen) atoms. The lowest BCUT2D eigenvalue weighted by molar-refractivity contribution is 0.340. The third-order valence-electron chi connectivity index (χ3n) is 3.18. The van der Waals surface area contributed by atoms with Crippen molar-refractivity contribution in [3.8, 4) is 5.75 Å². The van der Waals surface area contributed by atoms with Gasteiger partial charge in [0.2, 0.25) is 10.0 Å². The van der Waals surface area contributed by atoms with Gasteiger partial charge in [-0.1, -0.05) is 0 Å². The highest BCUT2D eigenvalue weighted by atomic mass is 32.2. The second-order valence-corrected chi connectivity index (χ2v) is 6.52. The van der Waals surface area contributed by atoms with Gasteiger partial charge in [0.25, 0.3) is 0 Å². The maximum Gasteiger partial charge on any atom is 0.240 e. The second-order valence-electron chi connectivity index (χ2n) is 4.76. The van der Waals surface area contributed by atoms with Crippen LogP contribution in [0.1, 0.15) is 19.8 Å². The summed E-state index contributed by atoms with van der Waals surface area (Å²) in [4.78, 5) is 0.235. The van der Waals surface area contributed by atoms with Crippen LogP contribution in [0.5, 0.6) is 5.75 Å². The monoisotopic (exact) mass is 284 g/mol. The van der Waals surface area contributed by atoms with Crippen molar-refractivity contribution in [3.63, 3.8) is 0 Å². The molecule has 2 rings (SSSR count). The molecule has 0 saturated heterocycles. The number of hydrogen-bond donors (Lipinski definition) is 2. The van der Waals surface area contributed by atoms with Crippen LogP contribution in [-0.2, 0) is 10.0 Å². The molecular weight excluding hydrogens is 264 g/mol. The minimum atomic E-state index is -3.48. The molecule has 1 fully saturated rings. The quantitative estimate of drug-likeness (QED) is 0.785. The number of sulfonamides is 1. The van der Waals surface area contributed by atoms with Gasteiger partial charge in [0.1, 0.15) is 5.75 Å². The largest absolute Gasteiger partial charge is 0.494 e. The van der Waals surface area contributed by atoms with Crippen LogP contribution in [0.4, 0.5) is 0 Å². The van der Waals surface area contributed by atoms with E-state index in [1.54, 1.807) is 12.1 Å². The summed E-state index contributed by atoms with van der Waals surface area (Å²) >= 11 is 0. The Morgan fingerprint density at radius 3 is 2.53 bits per heavy atom. The Labute approximate surface area is 114 Å². The van der Waals surface area contributed by atoms with E-state index >= 15 is 0 Å². The molecule has 0 amide bonds. The van der Waals surface area contributed by atoms with Crippen molar-refractivity contribution in [2.75, 3.05) is 13.2 Å². The van der Waals surface area contributed by atoms with Gasteiger partial charge in [0.15, 0.2) is 0 Å². The highest BCUT2D eigenvalue weighted by molar-refractivity contribution is 7.89. The molecule has 0 aliphatic heterocycles. The van der Waals surface area contributed by atoms with Crippen molar-refractivity contribution in [1.82, 2.24) is 4.72 Å². The fourth-order valence-electron chi connectivity index (χ4n) is 1.86. The molecule has 3 N–H and O–H groups in total. The Hall–Kier alpha value is -1.11. The van der Waals surface area contributed by atoms with E-state index in [-0.39, 0.29) is 10.9 Å². The van der Waals surface area contributed by atoms with Gasteiger partial charge in [-0.3, -0.25) is 0 Å². The van der Waals surface area contributed by atoms with Gasteiger partial charge < -0.3 is 10.5 Å². The predicted octanol–water partition coefficient (Wildman–Crippen LogP) is 1.10. The lowest BCUT2D eigenvalue weighted by Gasteiger charge is -2.12. The van der Waals surface area contributed by atoms with E-state index in [0.717, 1.165) is 12.8 Å². The Morgan fingerprint density at radius 2 is 2.00 bits per heavy atom. The van der Waals surface area contributed by atoms with Crippen LogP contribution in [0.3, 0.4) is 0 Å². The SMILES string of the molecule is CCOc1ccc(S(=O)(=O)NCC(N)C2CC2)cc1. The summed E-state index contributed by atoms with van der Waals surface area (Å²) in [5.74, 6) is 1.14. The first-order valence-corrected chi connectivity index (χ1v) is 7.99.